The standard InChI is InChI=1S/C10H10O4/c1-13-10(12)6-4-8(11)7-2-3-14-9(7)5-6/h4-5,11H,2-3H2,1H3. The van der Waals surface area contributed by atoms with E-state index in [1.807, 2.05) is 0 Å². The minimum atomic E-state index is -0.474. The Morgan fingerprint density at radius 2 is 2.36 bits per heavy atom. The largest absolute Gasteiger partial charge is 0.508 e. The molecule has 1 heterocycles. The fourth-order valence-electron chi connectivity index (χ4n) is 1.51. The normalized spacial score (nSPS) is 13.2. The Kier molecular flexibility index (Phi) is 2.04. The molecule has 0 bridgehead atoms. The summed E-state index contributed by atoms with van der Waals surface area (Å²) in [5, 5.41) is 9.57. The molecule has 0 saturated heterocycles. The Hall–Kier alpha value is -1.71. The SMILES string of the molecule is COC(=O)c1cc(O)c2c(c1)OCC2. The minimum Gasteiger partial charge on any atom is -0.508 e. The van der Waals surface area contributed by atoms with Crippen molar-refractivity contribution in [3.8, 4) is 11.5 Å². The van der Waals surface area contributed by atoms with E-state index in [0.717, 1.165) is 5.56 Å². The third-order valence-electron chi connectivity index (χ3n) is 2.22. The van der Waals surface area contributed by atoms with Gasteiger partial charge >= 0.3 is 5.97 Å². The van der Waals surface area contributed by atoms with Crippen LogP contribution in [0.2, 0.25) is 0 Å². The molecule has 0 saturated carbocycles. The fourth-order valence-corrected chi connectivity index (χ4v) is 1.51. The second kappa shape index (κ2) is 3.21. The van der Waals surface area contributed by atoms with Gasteiger partial charge in [0.15, 0.2) is 0 Å². The molecule has 0 aromatic heterocycles. The second-order valence-electron chi connectivity index (χ2n) is 3.06. The molecule has 1 aliphatic heterocycles. The van der Waals surface area contributed by atoms with Crippen molar-refractivity contribution in [1.82, 2.24) is 0 Å². The monoisotopic (exact) mass is 194 g/mol. The predicted octanol–water partition coefficient (Wildman–Crippen LogP) is 1.11. The molecule has 74 valence electrons. The number of methoxy groups -OCH3 is 1. The summed E-state index contributed by atoms with van der Waals surface area (Å²) >= 11 is 0. The van der Waals surface area contributed by atoms with E-state index < -0.39 is 5.97 Å². The molecule has 2 rings (SSSR count). The van der Waals surface area contributed by atoms with Gasteiger partial charge in [-0.2, -0.15) is 0 Å². The van der Waals surface area contributed by atoms with Gasteiger partial charge in [0.05, 0.1) is 19.3 Å². The Balaban J connectivity index is 2.46. The zero-order valence-electron chi connectivity index (χ0n) is 7.74. The van der Waals surface area contributed by atoms with Crippen LogP contribution in [0.1, 0.15) is 15.9 Å². The second-order valence-corrected chi connectivity index (χ2v) is 3.06. The topological polar surface area (TPSA) is 55.8 Å². The average Bonchev–Trinajstić information content (AvgIpc) is 2.64. The van der Waals surface area contributed by atoms with Gasteiger partial charge < -0.3 is 14.6 Å². The molecule has 1 aromatic carbocycles. The van der Waals surface area contributed by atoms with Crippen molar-refractivity contribution in [3.05, 3.63) is 23.3 Å². The lowest BCUT2D eigenvalue weighted by Crippen LogP contribution is -2.01. The molecular formula is C10H10O4. The van der Waals surface area contributed by atoms with Crippen LogP contribution in [-0.4, -0.2) is 24.8 Å². The zero-order chi connectivity index (χ0) is 10.1. The third kappa shape index (κ3) is 1.28. The molecule has 0 unspecified atom stereocenters. The van der Waals surface area contributed by atoms with Crippen LogP contribution in [0.3, 0.4) is 0 Å². The number of rotatable bonds is 1. The quantitative estimate of drug-likeness (QED) is 0.680. The first-order valence-corrected chi connectivity index (χ1v) is 4.29. The van der Waals surface area contributed by atoms with Crippen molar-refractivity contribution >= 4 is 5.97 Å². The van der Waals surface area contributed by atoms with Gasteiger partial charge in [0.2, 0.25) is 0 Å². The molecule has 4 heteroatoms. The van der Waals surface area contributed by atoms with Crippen molar-refractivity contribution < 1.29 is 19.4 Å². The van der Waals surface area contributed by atoms with Gasteiger partial charge in [0, 0.05) is 12.0 Å². The van der Waals surface area contributed by atoms with Gasteiger partial charge in [-0.15, -0.1) is 0 Å². The van der Waals surface area contributed by atoms with Crippen molar-refractivity contribution in [1.29, 1.82) is 0 Å². The predicted molar refractivity (Wildman–Crippen MR) is 48.6 cm³/mol. The number of phenolic OH excluding ortho intramolecular Hbond substituents is 1. The Morgan fingerprint density at radius 3 is 3.07 bits per heavy atom. The lowest BCUT2D eigenvalue weighted by Gasteiger charge is -2.04. The van der Waals surface area contributed by atoms with Crippen molar-refractivity contribution in [2.45, 2.75) is 6.42 Å². The molecule has 1 aromatic rings. The first-order chi connectivity index (χ1) is 6.72. The molecule has 0 fully saturated rings. The average molecular weight is 194 g/mol. The summed E-state index contributed by atoms with van der Waals surface area (Å²) in [4.78, 5) is 11.2. The van der Waals surface area contributed by atoms with E-state index in [1.165, 1.54) is 13.2 Å². The van der Waals surface area contributed by atoms with E-state index in [-0.39, 0.29) is 5.75 Å². The number of carbonyl (C=O) groups excluding carboxylic acids is 1. The first-order valence-electron chi connectivity index (χ1n) is 4.29. The Morgan fingerprint density at radius 1 is 1.57 bits per heavy atom. The summed E-state index contributed by atoms with van der Waals surface area (Å²) in [5.41, 5.74) is 1.07. The van der Waals surface area contributed by atoms with Crippen LogP contribution in [0.4, 0.5) is 0 Å². The maximum Gasteiger partial charge on any atom is 0.338 e. The molecule has 1 aliphatic rings. The van der Waals surface area contributed by atoms with Crippen molar-refractivity contribution in [3.63, 3.8) is 0 Å². The van der Waals surface area contributed by atoms with Crippen LogP contribution in [-0.2, 0) is 11.2 Å². The van der Waals surface area contributed by atoms with Crippen LogP contribution in [0, 0.1) is 0 Å². The number of benzene rings is 1. The van der Waals surface area contributed by atoms with E-state index >= 15 is 0 Å². The Labute approximate surface area is 81.1 Å². The maximum absolute atomic E-state index is 11.2. The molecule has 0 spiro atoms. The van der Waals surface area contributed by atoms with E-state index in [0.29, 0.717) is 24.3 Å². The molecule has 0 atom stereocenters. The Bertz CT molecular complexity index is 384. The molecule has 14 heavy (non-hydrogen) atoms. The van der Waals surface area contributed by atoms with Crippen molar-refractivity contribution in [2.24, 2.45) is 0 Å². The number of carbonyl (C=O) groups is 1. The van der Waals surface area contributed by atoms with E-state index in [9.17, 15) is 9.90 Å². The van der Waals surface area contributed by atoms with Gasteiger partial charge in [0.25, 0.3) is 0 Å². The molecular weight excluding hydrogens is 184 g/mol. The van der Waals surface area contributed by atoms with Crippen LogP contribution in [0.15, 0.2) is 12.1 Å². The van der Waals surface area contributed by atoms with Gasteiger partial charge in [0.1, 0.15) is 11.5 Å². The van der Waals surface area contributed by atoms with Crippen LogP contribution >= 0.6 is 0 Å². The highest BCUT2D eigenvalue weighted by atomic mass is 16.5. The highest BCUT2D eigenvalue weighted by Gasteiger charge is 2.19. The number of hydrogen-bond acceptors (Lipinski definition) is 4. The van der Waals surface area contributed by atoms with Gasteiger partial charge in [-0.25, -0.2) is 4.79 Å². The summed E-state index contributed by atoms with van der Waals surface area (Å²) in [6.45, 7) is 0.549. The zero-order valence-corrected chi connectivity index (χ0v) is 7.74. The molecule has 0 aliphatic carbocycles. The summed E-state index contributed by atoms with van der Waals surface area (Å²) in [6, 6.07) is 2.99. The van der Waals surface area contributed by atoms with Crippen LogP contribution < -0.4 is 4.74 Å². The number of esters is 1. The summed E-state index contributed by atoms with van der Waals surface area (Å²) in [6.07, 6.45) is 0.683. The minimum absolute atomic E-state index is 0.0976. The number of ether oxygens (including phenoxy) is 2. The van der Waals surface area contributed by atoms with Crippen molar-refractivity contribution in [2.75, 3.05) is 13.7 Å². The van der Waals surface area contributed by atoms with E-state index in [1.54, 1.807) is 6.07 Å². The molecule has 4 nitrogen and oxygen atoms in total. The third-order valence-corrected chi connectivity index (χ3v) is 2.22. The summed E-state index contributed by atoms with van der Waals surface area (Å²) in [5.74, 6) is 0.199. The molecule has 0 amide bonds. The summed E-state index contributed by atoms with van der Waals surface area (Å²) < 4.78 is 9.79. The van der Waals surface area contributed by atoms with Gasteiger partial charge in [-0.3, -0.25) is 0 Å². The highest BCUT2D eigenvalue weighted by molar-refractivity contribution is 5.90. The maximum atomic E-state index is 11.2. The molecule has 0 radical (unpaired) electrons. The van der Waals surface area contributed by atoms with Crippen LogP contribution in [0.25, 0.3) is 0 Å². The number of hydrogen-bond donors (Lipinski definition) is 1. The summed E-state index contributed by atoms with van der Waals surface area (Å²) in [7, 11) is 1.30. The molecule has 1 N–H and O–H groups in total. The fraction of sp³-hybridized carbons (Fsp3) is 0.300. The highest BCUT2D eigenvalue weighted by Crippen LogP contribution is 2.34. The lowest BCUT2D eigenvalue weighted by molar-refractivity contribution is 0.0600. The number of fused-ring (bicyclic) bond motifs is 1. The number of aromatic hydroxyl groups is 1. The van der Waals surface area contributed by atoms with Gasteiger partial charge in [-0.1, -0.05) is 0 Å². The smallest absolute Gasteiger partial charge is 0.338 e. The van der Waals surface area contributed by atoms with Gasteiger partial charge in [-0.05, 0) is 12.1 Å². The van der Waals surface area contributed by atoms with E-state index in [2.05, 4.69) is 4.74 Å². The lowest BCUT2D eigenvalue weighted by atomic mass is 10.1. The first kappa shape index (κ1) is 8.87. The van der Waals surface area contributed by atoms with Crippen LogP contribution in [0.5, 0.6) is 11.5 Å². The number of phenols is 1. The van der Waals surface area contributed by atoms with E-state index in [4.69, 9.17) is 4.74 Å².